The van der Waals surface area contributed by atoms with E-state index in [-0.39, 0.29) is 5.91 Å². The highest BCUT2D eigenvalue weighted by Gasteiger charge is 2.10. The number of aromatic nitrogens is 1. The summed E-state index contributed by atoms with van der Waals surface area (Å²) in [5, 5.41) is 0. The van der Waals surface area contributed by atoms with Crippen molar-refractivity contribution in [2.24, 2.45) is 12.0 Å². The van der Waals surface area contributed by atoms with Crippen LogP contribution in [0.1, 0.15) is 20.8 Å². The normalized spacial score (nSPS) is 12.3. The van der Waals surface area contributed by atoms with Crippen LogP contribution in [-0.2, 0) is 7.05 Å². The number of rotatable bonds is 1. The number of carbonyl (C=O) groups excluding carboxylic acids is 1. The molecule has 3 rings (SSSR count). The van der Waals surface area contributed by atoms with Gasteiger partial charge in [-0.1, -0.05) is 17.4 Å². The number of fused-ring (bicyclic) bond motifs is 1. The molecule has 1 aromatic carbocycles. The van der Waals surface area contributed by atoms with E-state index < -0.39 is 0 Å². The first kappa shape index (κ1) is 14.7. The Bertz CT molecular complexity index is 918. The average Bonchev–Trinajstić information content (AvgIpc) is 2.94. The Morgan fingerprint density at radius 3 is 2.67 bits per heavy atom. The second-order valence-electron chi connectivity index (χ2n) is 4.89. The van der Waals surface area contributed by atoms with E-state index in [1.807, 2.05) is 17.7 Å². The van der Waals surface area contributed by atoms with Gasteiger partial charge >= 0.3 is 0 Å². The third-order valence-electron chi connectivity index (χ3n) is 3.21. The van der Waals surface area contributed by atoms with E-state index in [9.17, 15) is 4.79 Å². The first-order chi connectivity index (χ1) is 9.95. The lowest BCUT2D eigenvalue weighted by Crippen LogP contribution is -2.13. The molecular weight excluding hydrogens is 368 g/mol. The molecule has 21 heavy (non-hydrogen) atoms. The summed E-state index contributed by atoms with van der Waals surface area (Å²) in [6.07, 6.45) is 0. The number of halogens is 1. The summed E-state index contributed by atoms with van der Waals surface area (Å²) in [6.45, 7) is 4.17. The minimum Gasteiger partial charge on any atom is -0.319 e. The molecule has 2 heterocycles. The summed E-state index contributed by atoms with van der Waals surface area (Å²) in [5.74, 6) is -0.192. The van der Waals surface area contributed by atoms with Crippen molar-refractivity contribution in [2.75, 3.05) is 0 Å². The van der Waals surface area contributed by atoms with E-state index >= 15 is 0 Å². The molecule has 6 heteroatoms. The fourth-order valence-corrected chi connectivity index (χ4v) is 4.82. The summed E-state index contributed by atoms with van der Waals surface area (Å²) in [4.78, 5) is 17.9. The Labute approximate surface area is 138 Å². The molecule has 0 radical (unpaired) electrons. The number of benzene rings is 1. The van der Waals surface area contributed by atoms with Gasteiger partial charge in [0.05, 0.1) is 18.9 Å². The molecule has 0 aliphatic rings. The van der Waals surface area contributed by atoms with Crippen molar-refractivity contribution in [3.63, 3.8) is 0 Å². The Hall–Kier alpha value is -1.24. The Kier molecular flexibility index (Phi) is 3.86. The molecule has 0 saturated heterocycles. The molecule has 3 nitrogen and oxygen atoms in total. The van der Waals surface area contributed by atoms with Gasteiger partial charge in [0.1, 0.15) is 0 Å². The molecule has 0 aliphatic carbocycles. The zero-order valence-electron chi connectivity index (χ0n) is 11.8. The lowest BCUT2D eigenvalue weighted by molar-refractivity contribution is 0.100. The molecular formula is C15H13BrN2OS2. The van der Waals surface area contributed by atoms with Crippen molar-refractivity contribution in [3.05, 3.63) is 48.9 Å². The van der Waals surface area contributed by atoms with Gasteiger partial charge in [0, 0.05) is 7.05 Å². The van der Waals surface area contributed by atoms with E-state index in [0.717, 1.165) is 18.8 Å². The van der Waals surface area contributed by atoms with Crippen LogP contribution < -0.4 is 4.80 Å². The maximum atomic E-state index is 12.2. The predicted octanol–water partition coefficient (Wildman–Crippen LogP) is 4.42. The summed E-state index contributed by atoms with van der Waals surface area (Å²) in [5.41, 5.74) is 3.57. The number of hydrogen-bond acceptors (Lipinski definition) is 3. The fourth-order valence-electron chi connectivity index (χ4n) is 2.36. The second-order valence-corrected chi connectivity index (χ2v) is 8.37. The molecule has 2 aromatic heterocycles. The maximum absolute atomic E-state index is 12.2. The van der Waals surface area contributed by atoms with Crippen LogP contribution in [0.25, 0.3) is 10.2 Å². The van der Waals surface area contributed by atoms with Crippen molar-refractivity contribution in [3.8, 4) is 0 Å². The number of carbonyl (C=O) groups is 1. The van der Waals surface area contributed by atoms with Crippen molar-refractivity contribution in [1.82, 2.24) is 4.57 Å². The van der Waals surface area contributed by atoms with E-state index in [0.29, 0.717) is 4.88 Å². The Morgan fingerprint density at radius 1 is 1.24 bits per heavy atom. The van der Waals surface area contributed by atoms with Crippen LogP contribution in [0.5, 0.6) is 0 Å². The average molecular weight is 381 g/mol. The SMILES string of the molecule is Cc1cc(C)c2c(c1)sc(=NC(=O)c1ccc(Br)s1)n2C. The van der Waals surface area contributed by atoms with Crippen molar-refractivity contribution in [1.29, 1.82) is 0 Å². The molecule has 0 saturated carbocycles. The summed E-state index contributed by atoms with van der Waals surface area (Å²) >= 11 is 6.32. The maximum Gasteiger partial charge on any atom is 0.289 e. The molecule has 0 fully saturated rings. The molecule has 0 spiro atoms. The Morgan fingerprint density at radius 2 is 2.00 bits per heavy atom. The molecule has 108 valence electrons. The number of amides is 1. The van der Waals surface area contributed by atoms with Gasteiger partial charge in [0.25, 0.3) is 5.91 Å². The first-order valence-electron chi connectivity index (χ1n) is 6.37. The lowest BCUT2D eigenvalue weighted by Gasteiger charge is -2.01. The molecule has 0 unspecified atom stereocenters. The quantitative estimate of drug-likeness (QED) is 0.614. The molecule has 3 aromatic rings. The van der Waals surface area contributed by atoms with E-state index in [1.165, 1.54) is 22.5 Å². The van der Waals surface area contributed by atoms with E-state index in [2.05, 4.69) is 46.9 Å². The number of hydrogen-bond donors (Lipinski definition) is 0. The monoisotopic (exact) mass is 380 g/mol. The van der Waals surface area contributed by atoms with Crippen LogP contribution >= 0.6 is 38.6 Å². The van der Waals surface area contributed by atoms with Crippen LogP contribution in [-0.4, -0.2) is 10.5 Å². The number of thiophene rings is 1. The van der Waals surface area contributed by atoms with E-state index in [4.69, 9.17) is 0 Å². The predicted molar refractivity (Wildman–Crippen MR) is 92.2 cm³/mol. The smallest absolute Gasteiger partial charge is 0.289 e. The summed E-state index contributed by atoms with van der Waals surface area (Å²) in [7, 11) is 1.96. The molecule has 0 bridgehead atoms. The highest BCUT2D eigenvalue weighted by atomic mass is 79.9. The van der Waals surface area contributed by atoms with Gasteiger partial charge < -0.3 is 4.57 Å². The largest absolute Gasteiger partial charge is 0.319 e. The van der Waals surface area contributed by atoms with Crippen molar-refractivity contribution in [2.45, 2.75) is 13.8 Å². The Balaban J connectivity index is 2.16. The third-order valence-corrected chi connectivity index (χ3v) is 5.91. The zero-order chi connectivity index (χ0) is 15.1. The highest BCUT2D eigenvalue weighted by molar-refractivity contribution is 9.11. The van der Waals surface area contributed by atoms with Gasteiger partial charge in [-0.15, -0.1) is 11.3 Å². The minimum atomic E-state index is -0.192. The molecule has 0 aliphatic heterocycles. The second kappa shape index (κ2) is 5.51. The lowest BCUT2D eigenvalue weighted by atomic mass is 10.1. The van der Waals surface area contributed by atoms with Gasteiger partial charge in [0.15, 0.2) is 4.80 Å². The van der Waals surface area contributed by atoms with Crippen LogP contribution in [0.2, 0.25) is 0 Å². The first-order valence-corrected chi connectivity index (χ1v) is 8.79. The van der Waals surface area contributed by atoms with E-state index in [1.54, 1.807) is 17.4 Å². The van der Waals surface area contributed by atoms with Crippen LogP contribution in [0.3, 0.4) is 0 Å². The number of aryl methyl sites for hydroxylation is 3. The minimum absolute atomic E-state index is 0.192. The topological polar surface area (TPSA) is 34.4 Å². The third kappa shape index (κ3) is 2.75. The van der Waals surface area contributed by atoms with Gasteiger partial charge in [-0.2, -0.15) is 4.99 Å². The van der Waals surface area contributed by atoms with Crippen LogP contribution in [0, 0.1) is 13.8 Å². The van der Waals surface area contributed by atoms with Gasteiger partial charge in [-0.25, -0.2) is 0 Å². The molecule has 1 amide bonds. The van der Waals surface area contributed by atoms with Crippen LogP contribution in [0.4, 0.5) is 0 Å². The van der Waals surface area contributed by atoms with Gasteiger partial charge in [0.2, 0.25) is 0 Å². The summed E-state index contributed by atoms with van der Waals surface area (Å²) < 4.78 is 4.09. The standard InChI is InChI=1S/C15H13BrN2OS2/c1-8-6-9(2)13-11(7-8)21-15(18(13)3)17-14(19)10-4-5-12(16)20-10/h4-7H,1-3H3. The fraction of sp³-hybridized carbons (Fsp3) is 0.200. The van der Waals surface area contributed by atoms with Crippen molar-refractivity contribution < 1.29 is 4.79 Å². The zero-order valence-corrected chi connectivity index (χ0v) is 15.0. The van der Waals surface area contributed by atoms with Crippen molar-refractivity contribution >= 4 is 54.7 Å². The van der Waals surface area contributed by atoms with Crippen LogP contribution in [0.15, 0.2) is 33.0 Å². The number of thiazole rings is 1. The number of nitrogens with zero attached hydrogens (tertiary/aromatic N) is 2. The van der Waals surface area contributed by atoms with Gasteiger partial charge in [-0.3, -0.25) is 4.79 Å². The highest BCUT2D eigenvalue weighted by Crippen LogP contribution is 2.24. The van der Waals surface area contributed by atoms with Gasteiger partial charge in [-0.05, 0) is 59.1 Å². The molecule has 0 N–H and O–H groups in total. The molecule has 0 atom stereocenters. The summed E-state index contributed by atoms with van der Waals surface area (Å²) in [6, 6.07) is 7.95.